The van der Waals surface area contributed by atoms with Gasteiger partial charge in [-0.05, 0) is 12.5 Å². The van der Waals surface area contributed by atoms with Gasteiger partial charge in [0.1, 0.15) is 0 Å². The second-order valence-electron chi connectivity index (χ2n) is 3.36. The van der Waals surface area contributed by atoms with Crippen LogP contribution in [0.4, 0.5) is 0 Å². The fourth-order valence-electron chi connectivity index (χ4n) is 1.25. The third-order valence-electron chi connectivity index (χ3n) is 2.16. The third-order valence-corrected chi connectivity index (χ3v) is 3.26. The van der Waals surface area contributed by atoms with Crippen LogP contribution in [-0.2, 0) is 0 Å². The average molecular weight is 195 g/mol. The summed E-state index contributed by atoms with van der Waals surface area (Å²) in [4.78, 5) is 4.48. The van der Waals surface area contributed by atoms with E-state index >= 15 is 0 Å². The van der Waals surface area contributed by atoms with Gasteiger partial charge < -0.3 is 0 Å². The highest BCUT2D eigenvalue weighted by Crippen LogP contribution is 2.24. The molecular formula is C11H17NS. The SMILES string of the molecule is C=Cc1csc(C(C)CCCC)n1. The van der Waals surface area contributed by atoms with Gasteiger partial charge >= 0.3 is 0 Å². The molecule has 0 saturated heterocycles. The molecule has 1 aromatic heterocycles. The third kappa shape index (κ3) is 2.96. The van der Waals surface area contributed by atoms with E-state index in [4.69, 9.17) is 0 Å². The highest BCUT2D eigenvalue weighted by Gasteiger charge is 2.08. The molecule has 1 unspecified atom stereocenters. The normalized spacial score (nSPS) is 12.8. The topological polar surface area (TPSA) is 12.9 Å². The van der Waals surface area contributed by atoms with E-state index in [2.05, 4.69) is 30.8 Å². The van der Waals surface area contributed by atoms with Crippen molar-refractivity contribution in [2.24, 2.45) is 0 Å². The van der Waals surface area contributed by atoms with Crippen LogP contribution < -0.4 is 0 Å². The van der Waals surface area contributed by atoms with E-state index in [1.807, 2.05) is 6.08 Å². The molecule has 0 amide bonds. The van der Waals surface area contributed by atoms with Crippen LogP contribution in [0.1, 0.15) is 49.7 Å². The second-order valence-corrected chi connectivity index (χ2v) is 4.25. The molecule has 0 aliphatic heterocycles. The Morgan fingerprint density at radius 1 is 1.69 bits per heavy atom. The lowest BCUT2D eigenvalue weighted by Gasteiger charge is -2.05. The van der Waals surface area contributed by atoms with Crippen molar-refractivity contribution in [3.05, 3.63) is 22.7 Å². The fraction of sp³-hybridized carbons (Fsp3) is 0.545. The summed E-state index contributed by atoms with van der Waals surface area (Å²) in [5, 5.41) is 3.33. The van der Waals surface area contributed by atoms with E-state index in [0.717, 1.165) is 5.69 Å². The summed E-state index contributed by atoms with van der Waals surface area (Å²) in [6.07, 6.45) is 5.63. The Labute approximate surface area is 84.5 Å². The molecule has 13 heavy (non-hydrogen) atoms. The maximum atomic E-state index is 4.48. The van der Waals surface area contributed by atoms with E-state index < -0.39 is 0 Å². The van der Waals surface area contributed by atoms with E-state index in [9.17, 15) is 0 Å². The van der Waals surface area contributed by atoms with Crippen LogP contribution in [-0.4, -0.2) is 4.98 Å². The number of unbranched alkanes of at least 4 members (excludes halogenated alkanes) is 1. The van der Waals surface area contributed by atoms with Crippen LogP contribution in [0, 0.1) is 0 Å². The first-order valence-electron chi connectivity index (χ1n) is 4.85. The first-order valence-corrected chi connectivity index (χ1v) is 5.73. The molecule has 0 aliphatic rings. The largest absolute Gasteiger partial charge is 0.242 e. The predicted octanol–water partition coefficient (Wildman–Crippen LogP) is 4.08. The van der Waals surface area contributed by atoms with Gasteiger partial charge in [-0.2, -0.15) is 0 Å². The van der Waals surface area contributed by atoms with Crippen molar-refractivity contribution in [3.8, 4) is 0 Å². The molecule has 0 spiro atoms. The summed E-state index contributed by atoms with van der Waals surface area (Å²) in [7, 11) is 0. The molecule has 0 fully saturated rings. The predicted molar refractivity (Wildman–Crippen MR) is 60.1 cm³/mol. The first-order chi connectivity index (χ1) is 6.27. The van der Waals surface area contributed by atoms with Crippen molar-refractivity contribution in [1.82, 2.24) is 4.98 Å². The summed E-state index contributed by atoms with van der Waals surface area (Å²) >= 11 is 1.75. The zero-order valence-corrected chi connectivity index (χ0v) is 9.23. The minimum atomic E-state index is 0.610. The Morgan fingerprint density at radius 2 is 2.46 bits per heavy atom. The maximum Gasteiger partial charge on any atom is 0.0960 e. The van der Waals surface area contributed by atoms with Crippen molar-refractivity contribution in [2.75, 3.05) is 0 Å². The van der Waals surface area contributed by atoms with Crippen LogP contribution >= 0.6 is 11.3 Å². The molecule has 0 aliphatic carbocycles. The van der Waals surface area contributed by atoms with Gasteiger partial charge in [0.05, 0.1) is 10.7 Å². The van der Waals surface area contributed by atoms with Crippen molar-refractivity contribution in [1.29, 1.82) is 0 Å². The molecule has 0 N–H and O–H groups in total. The molecule has 1 heterocycles. The standard InChI is InChI=1S/C11H17NS/c1-4-6-7-9(3)11-12-10(5-2)8-13-11/h5,8-9H,2,4,6-7H2,1,3H3. The summed E-state index contributed by atoms with van der Waals surface area (Å²) in [5.41, 5.74) is 1.02. The molecule has 0 radical (unpaired) electrons. The molecule has 1 aromatic rings. The highest BCUT2D eigenvalue weighted by atomic mass is 32.1. The second kappa shape index (κ2) is 5.18. The molecule has 0 saturated carbocycles. The molecule has 1 rings (SSSR count). The number of aromatic nitrogens is 1. The van der Waals surface area contributed by atoms with E-state index in [1.165, 1.54) is 24.3 Å². The van der Waals surface area contributed by atoms with E-state index in [1.54, 1.807) is 11.3 Å². The van der Waals surface area contributed by atoms with Crippen LogP contribution in [0.15, 0.2) is 12.0 Å². The summed E-state index contributed by atoms with van der Waals surface area (Å²) in [5.74, 6) is 0.610. The number of rotatable bonds is 5. The molecule has 2 heteroatoms. The van der Waals surface area contributed by atoms with Gasteiger partial charge in [0.15, 0.2) is 0 Å². The molecule has 72 valence electrons. The zero-order chi connectivity index (χ0) is 9.68. The molecule has 0 bridgehead atoms. The summed E-state index contributed by atoms with van der Waals surface area (Å²) in [6.45, 7) is 8.19. The van der Waals surface area contributed by atoms with E-state index in [0.29, 0.717) is 5.92 Å². The number of hydrogen-bond acceptors (Lipinski definition) is 2. The minimum absolute atomic E-state index is 0.610. The molecule has 1 atom stereocenters. The van der Waals surface area contributed by atoms with Gasteiger partial charge in [-0.1, -0.05) is 33.3 Å². The van der Waals surface area contributed by atoms with Gasteiger partial charge in [-0.15, -0.1) is 11.3 Å². The fourth-order valence-corrected chi connectivity index (χ4v) is 2.15. The zero-order valence-electron chi connectivity index (χ0n) is 8.42. The van der Waals surface area contributed by atoms with Crippen LogP contribution in [0.25, 0.3) is 6.08 Å². The number of nitrogens with zero attached hydrogens (tertiary/aromatic N) is 1. The highest BCUT2D eigenvalue weighted by molar-refractivity contribution is 7.09. The maximum absolute atomic E-state index is 4.48. The smallest absolute Gasteiger partial charge is 0.0960 e. The Balaban J connectivity index is 2.54. The first kappa shape index (κ1) is 10.5. The lowest BCUT2D eigenvalue weighted by atomic mass is 10.1. The molecular weight excluding hydrogens is 178 g/mol. The van der Waals surface area contributed by atoms with Crippen LogP contribution in [0.5, 0.6) is 0 Å². The number of hydrogen-bond donors (Lipinski definition) is 0. The Hall–Kier alpha value is -0.630. The number of thiazole rings is 1. The summed E-state index contributed by atoms with van der Waals surface area (Å²) < 4.78 is 0. The van der Waals surface area contributed by atoms with Gasteiger partial charge in [0.25, 0.3) is 0 Å². The van der Waals surface area contributed by atoms with Crippen LogP contribution in [0.2, 0.25) is 0 Å². The van der Waals surface area contributed by atoms with Crippen molar-refractivity contribution >= 4 is 17.4 Å². The molecule has 0 aromatic carbocycles. The van der Waals surface area contributed by atoms with Gasteiger partial charge in [-0.3, -0.25) is 0 Å². The summed E-state index contributed by atoms with van der Waals surface area (Å²) in [6, 6.07) is 0. The Kier molecular flexibility index (Phi) is 4.16. The van der Waals surface area contributed by atoms with Crippen molar-refractivity contribution in [3.63, 3.8) is 0 Å². The van der Waals surface area contributed by atoms with Gasteiger partial charge in [0, 0.05) is 11.3 Å². The van der Waals surface area contributed by atoms with Gasteiger partial charge in [0.2, 0.25) is 0 Å². The molecule has 1 nitrogen and oxygen atoms in total. The van der Waals surface area contributed by atoms with Crippen molar-refractivity contribution in [2.45, 2.75) is 39.0 Å². The Morgan fingerprint density at radius 3 is 3.00 bits per heavy atom. The quantitative estimate of drug-likeness (QED) is 0.690. The van der Waals surface area contributed by atoms with Crippen molar-refractivity contribution < 1.29 is 0 Å². The lowest BCUT2D eigenvalue weighted by Crippen LogP contribution is -1.92. The van der Waals surface area contributed by atoms with E-state index in [-0.39, 0.29) is 0 Å². The Bertz CT molecular complexity index is 265. The monoisotopic (exact) mass is 195 g/mol. The minimum Gasteiger partial charge on any atom is -0.242 e. The average Bonchev–Trinajstić information content (AvgIpc) is 2.62. The van der Waals surface area contributed by atoms with Gasteiger partial charge in [-0.25, -0.2) is 4.98 Å². The van der Waals surface area contributed by atoms with Crippen LogP contribution in [0.3, 0.4) is 0 Å². The lowest BCUT2D eigenvalue weighted by molar-refractivity contribution is 0.621.